The average molecular weight is 211 g/mol. The van der Waals surface area contributed by atoms with E-state index < -0.39 is 0 Å². The molecule has 0 amide bonds. The van der Waals surface area contributed by atoms with Crippen LogP contribution in [0.15, 0.2) is 18.2 Å². The summed E-state index contributed by atoms with van der Waals surface area (Å²) < 4.78 is 18.3. The van der Waals surface area contributed by atoms with Crippen molar-refractivity contribution in [3.8, 4) is 5.75 Å². The number of nitrogens with two attached hydrogens (primary N) is 1. The molecule has 0 saturated carbocycles. The summed E-state index contributed by atoms with van der Waals surface area (Å²) >= 11 is 0. The molecule has 0 aliphatic rings. The number of rotatable bonds is 4. The van der Waals surface area contributed by atoms with Gasteiger partial charge in [0.25, 0.3) is 0 Å². The first kappa shape index (κ1) is 12.0. The van der Waals surface area contributed by atoms with Gasteiger partial charge in [0, 0.05) is 6.04 Å². The lowest BCUT2D eigenvalue weighted by molar-refractivity contribution is 0.402. The second-order valence-corrected chi connectivity index (χ2v) is 4.00. The van der Waals surface area contributed by atoms with Crippen LogP contribution in [0.4, 0.5) is 4.39 Å². The van der Waals surface area contributed by atoms with Crippen molar-refractivity contribution in [2.24, 2.45) is 5.73 Å². The Morgan fingerprint density at radius 2 is 2.07 bits per heavy atom. The van der Waals surface area contributed by atoms with Crippen molar-refractivity contribution in [2.75, 3.05) is 7.11 Å². The zero-order valence-electron chi connectivity index (χ0n) is 9.46. The predicted molar refractivity (Wildman–Crippen MR) is 59.6 cm³/mol. The molecule has 1 aromatic carbocycles. The third kappa shape index (κ3) is 3.20. The molecule has 2 atom stereocenters. The van der Waals surface area contributed by atoms with Crippen LogP contribution in [0, 0.1) is 5.82 Å². The van der Waals surface area contributed by atoms with Crippen LogP contribution in [0.5, 0.6) is 5.75 Å². The summed E-state index contributed by atoms with van der Waals surface area (Å²) in [7, 11) is 1.59. The lowest BCUT2D eigenvalue weighted by Gasteiger charge is -2.17. The molecule has 0 aliphatic carbocycles. The Hall–Kier alpha value is -1.09. The van der Waals surface area contributed by atoms with Crippen molar-refractivity contribution in [3.63, 3.8) is 0 Å². The maximum absolute atomic E-state index is 13.1. The van der Waals surface area contributed by atoms with Crippen LogP contribution >= 0.6 is 0 Å². The molecular formula is C12H18FNO. The Morgan fingerprint density at radius 1 is 1.40 bits per heavy atom. The molecular weight excluding hydrogens is 193 g/mol. The largest absolute Gasteiger partial charge is 0.496 e. The van der Waals surface area contributed by atoms with Gasteiger partial charge in [0.2, 0.25) is 0 Å². The molecule has 15 heavy (non-hydrogen) atoms. The molecule has 0 bridgehead atoms. The van der Waals surface area contributed by atoms with Gasteiger partial charge in [0.05, 0.1) is 7.11 Å². The van der Waals surface area contributed by atoms with E-state index in [4.69, 9.17) is 10.5 Å². The molecule has 2 nitrogen and oxygen atoms in total. The minimum atomic E-state index is -0.234. The molecule has 0 aromatic heterocycles. The maximum atomic E-state index is 13.1. The summed E-state index contributed by atoms with van der Waals surface area (Å²) in [6.07, 6.45) is 0.819. The first-order valence-electron chi connectivity index (χ1n) is 5.13. The van der Waals surface area contributed by atoms with Gasteiger partial charge in [0.1, 0.15) is 11.6 Å². The van der Waals surface area contributed by atoms with Gasteiger partial charge in [0.15, 0.2) is 0 Å². The van der Waals surface area contributed by atoms with E-state index in [0.717, 1.165) is 17.7 Å². The smallest absolute Gasteiger partial charge is 0.123 e. The highest BCUT2D eigenvalue weighted by molar-refractivity contribution is 5.36. The van der Waals surface area contributed by atoms with Gasteiger partial charge < -0.3 is 10.5 Å². The Balaban J connectivity index is 2.94. The number of hydrogen-bond donors (Lipinski definition) is 1. The number of hydrogen-bond acceptors (Lipinski definition) is 2. The SMILES string of the molecule is COc1ccc(F)cc1C(C)CC(C)N. The topological polar surface area (TPSA) is 35.2 Å². The Bertz CT molecular complexity index is 325. The van der Waals surface area contributed by atoms with Gasteiger partial charge in [-0.1, -0.05) is 6.92 Å². The Kier molecular flexibility index (Phi) is 4.09. The second kappa shape index (κ2) is 5.12. The quantitative estimate of drug-likeness (QED) is 0.831. The summed E-state index contributed by atoms with van der Waals surface area (Å²) in [6, 6.07) is 4.68. The van der Waals surface area contributed by atoms with E-state index in [1.807, 2.05) is 13.8 Å². The lowest BCUT2D eigenvalue weighted by atomic mass is 9.94. The summed E-state index contributed by atoms with van der Waals surface area (Å²) in [5.41, 5.74) is 6.61. The molecule has 0 heterocycles. The van der Waals surface area contributed by atoms with E-state index in [9.17, 15) is 4.39 Å². The number of benzene rings is 1. The normalized spacial score (nSPS) is 14.7. The van der Waals surface area contributed by atoms with Crippen LogP contribution in [0.25, 0.3) is 0 Å². The second-order valence-electron chi connectivity index (χ2n) is 4.00. The Morgan fingerprint density at radius 3 is 2.60 bits per heavy atom. The van der Waals surface area contributed by atoms with Crippen LogP contribution in [0.1, 0.15) is 31.7 Å². The molecule has 2 unspecified atom stereocenters. The summed E-state index contributed by atoms with van der Waals surface area (Å²) in [6.45, 7) is 3.98. The first-order valence-corrected chi connectivity index (χ1v) is 5.13. The Labute approximate surface area is 90.2 Å². The van der Waals surface area contributed by atoms with E-state index in [-0.39, 0.29) is 17.8 Å². The predicted octanol–water partition coefficient (Wildman–Crippen LogP) is 2.68. The van der Waals surface area contributed by atoms with E-state index in [2.05, 4.69) is 0 Å². The summed E-state index contributed by atoms with van der Waals surface area (Å²) in [4.78, 5) is 0. The maximum Gasteiger partial charge on any atom is 0.123 e. The van der Waals surface area contributed by atoms with Gasteiger partial charge in [-0.2, -0.15) is 0 Å². The van der Waals surface area contributed by atoms with E-state index in [1.165, 1.54) is 12.1 Å². The van der Waals surface area contributed by atoms with Crippen LogP contribution in [0.2, 0.25) is 0 Å². The van der Waals surface area contributed by atoms with Crippen molar-refractivity contribution in [1.29, 1.82) is 0 Å². The standard InChI is InChI=1S/C12H18FNO/c1-8(6-9(2)14)11-7-10(13)4-5-12(11)15-3/h4-5,7-9H,6,14H2,1-3H3. The van der Waals surface area contributed by atoms with E-state index in [0.29, 0.717) is 0 Å². The zero-order chi connectivity index (χ0) is 11.4. The lowest BCUT2D eigenvalue weighted by Crippen LogP contribution is -2.17. The van der Waals surface area contributed by atoms with Crippen molar-refractivity contribution in [1.82, 2.24) is 0 Å². The third-order valence-corrected chi connectivity index (χ3v) is 2.45. The molecule has 0 aliphatic heterocycles. The fourth-order valence-corrected chi connectivity index (χ4v) is 1.77. The number of ether oxygens (including phenoxy) is 1. The number of methoxy groups -OCH3 is 1. The van der Waals surface area contributed by atoms with Crippen molar-refractivity contribution in [3.05, 3.63) is 29.6 Å². The fourth-order valence-electron chi connectivity index (χ4n) is 1.77. The molecule has 84 valence electrons. The minimum Gasteiger partial charge on any atom is -0.496 e. The first-order chi connectivity index (χ1) is 7.04. The third-order valence-electron chi connectivity index (χ3n) is 2.45. The minimum absolute atomic E-state index is 0.105. The highest BCUT2D eigenvalue weighted by atomic mass is 19.1. The molecule has 3 heteroatoms. The molecule has 0 fully saturated rings. The van der Waals surface area contributed by atoms with Crippen LogP contribution in [0.3, 0.4) is 0 Å². The highest BCUT2D eigenvalue weighted by Crippen LogP contribution is 2.29. The average Bonchev–Trinajstić information content (AvgIpc) is 2.16. The van der Waals surface area contributed by atoms with Crippen LogP contribution < -0.4 is 10.5 Å². The summed E-state index contributed by atoms with van der Waals surface area (Å²) in [5, 5.41) is 0. The van der Waals surface area contributed by atoms with Gasteiger partial charge >= 0.3 is 0 Å². The fraction of sp³-hybridized carbons (Fsp3) is 0.500. The number of halogens is 1. The van der Waals surface area contributed by atoms with E-state index >= 15 is 0 Å². The highest BCUT2D eigenvalue weighted by Gasteiger charge is 2.13. The molecule has 0 saturated heterocycles. The van der Waals surface area contributed by atoms with Gasteiger partial charge in [-0.05, 0) is 43.0 Å². The van der Waals surface area contributed by atoms with Crippen molar-refractivity contribution in [2.45, 2.75) is 32.2 Å². The van der Waals surface area contributed by atoms with Gasteiger partial charge in [-0.15, -0.1) is 0 Å². The monoisotopic (exact) mass is 211 g/mol. The van der Waals surface area contributed by atoms with E-state index in [1.54, 1.807) is 13.2 Å². The zero-order valence-corrected chi connectivity index (χ0v) is 9.46. The molecule has 1 aromatic rings. The molecule has 0 radical (unpaired) electrons. The molecule has 2 N–H and O–H groups in total. The summed E-state index contributed by atoms with van der Waals surface area (Å²) in [5.74, 6) is 0.697. The molecule has 1 rings (SSSR count). The van der Waals surface area contributed by atoms with Crippen molar-refractivity contribution >= 4 is 0 Å². The van der Waals surface area contributed by atoms with Gasteiger partial charge in [-0.25, -0.2) is 4.39 Å². The van der Waals surface area contributed by atoms with Crippen LogP contribution in [-0.4, -0.2) is 13.2 Å². The van der Waals surface area contributed by atoms with Gasteiger partial charge in [-0.3, -0.25) is 0 Å². The van der Waals surface area contributed by atoms with Crippen molar-refractivity contribution < 1.29 is 9.13 Å². The van der Waals surface area contributed by atoms with Crippen LogP contribution in [-0.2, 0) is 0 Å². The molecule has 0 spiro atoms.